The van der Waals surface area contributed by atoms with Gasteiger partial charge in [0, 0.05) is 16.7 Å². The summed E-state index contributed by atoms with van der Waals surface area (Å²) in [7, 11) is 0. The van der Waals surface area contributed by atoms with E-state index in [0.29, 0.717) is 17.5 Å². The Morgan fingerprint density at radius 3 is 1.09 bits per heavy atom. The van der Waals surface area contributed by atoms with Crippen LogP contribution in [0.5, 0.6) is 0 Å². The summed E-state index contributed by atoms with van der Waals surface area (Å²) in [4.78, 5) is 14.7. The first kappa shape index (κ1) is 26.2. The Labute approximate surface area is 267 Å². The van der Waals surface area contributed by atoms with E-state index in [1.165, 1.54) is 49.7 Å². The minimum Gasteiger partial charge on any atom is -0.208 e. The lowest BCUT2D eigenvalue weighted by Gasteiger charge is -2.16. The van der Waals surface area contributed by atoms with Gasteiger partial charge in [0.25, 0.3) is 0 Å². The van der Waals surface area contributed by atoms with Crippen LogP contribution in [-0.2, 0) is 0 Å². The zero-order valence-electron chi connectivity index (χ0n) is 24.9. The minimum absolute atomic E-state index is 0.654. The fourth-order valence-electron chi connectivity index (χ4n) is 6.76. The number of aromatic nitrogens is 3. The van der Waals surface area contributed by atoms with Gasteiger partial charge < -0.3 is 0 Å². The monoisotopic (exact) mass is 585 g/mol. The van der Waals surface area contributed by atoms with Gasteiger partial charge in [0.2, 0.25) is 0 Å². The third-order valence-corrected chi connectivity index (χ3v) is 8.89. The molecule has 0 atom stereocenters. The zero-order chi connectivity index (χ0) is 30.5. The van der Waals surface area contributed by atoms with Gasteiger partial charge >= 0.3 is 0 Å². The maximum Gasteiger partial charge on any atom is 0.164 e. The van der Waals surface area contributed by atoms with Crippen LogP contribution in [0.3, 0.4) is 0 Å². The maximum absolute atomic E-state index is 4.94. The van der Waals surface area contributed by atoms with Crippen LogP contribution in [0.2, 0.25) is 0 Å². The number of benzene rings is 7. The first-order chi connectivity index (χ1) is 22.8. The molecule has 3 nitrogen and oxygen atoms in total. The molecule has 0 radical (unpaired) electrons. The highest BCUT2D eigenvalue weighted by molar-refractivity contribution is 6.20. The highest BCUT2D eigenvalue weighted by atomic mass is 15.0. The molecular weight excluding hydrogens is 558 g/mol. The van der Waals surface area contributed by atoms with Crippen molar-refractivity contribution in [3.05, 3.63) is 164 Å². The smallest absolute Gasteiger partial charge is 0.164 e. The highest BCUT2D eigenvalue weighted by Gasteiger charge is 2.27. The fraction of sp³-hybridized carbons (Fsp3) is 0. The average molecular weight is 586 g/mol. The van der Waals surface area contributed by atoms with Crippen LogP contribution in [0.1, 0.15) is 0 Å². The summed E-state index contributed by atoms with van der Waals surface area (Å²) < 4.78 is 0. The Balaban J connectivity index is 1.19. The molecule has 214 valence electrons. The number of fused-ring (bicyclic) bond motifs is 3. The summed E-state index contributed by atoms with van der Waals surface area (Å²) in [5, 5.41) is 2.60. The molecule has 9 rings (SSSR count). The van der Waals surface area contributed by atoms with E-state index < -0.39 is 0 Å². The Morgan fingerprint density at radius 2 is 0.630 bits per heavy atom. The SMILES string of the molecule is c1ccc(-c2nc(-c3ccccc3)nc(-c3ccc(-c4ccc(-c5ccccc5)c5c4-c4cccc6cccc-5c46)cc3)n2)cc1. The van der Waals surface area contributed by atoms with Crippen molar-refractivity contribution in [1.29, 1.82) is 0 Å². The molecule has 1 heterocycles. The van der Waals surface area contributed by atoms with Crippen LogP contribution in [0, 0.1) is 0 Å². The second-order valence-electron chi connectivity index (χ2n) is 11.6. The van der Waals surface area contributed by atoms with Crippen LogP contribution >= 0.6 is 0 Å². The Hall–Kier alpha value is -6.19. The van der Waals surface area contributed by atoms with Gasteiger partial charge in [-0.1, -0.05) is 164 Å². The van der Waals surface area contributed by atoms with Crippen LogP contribution in [-0.4, -0.2) is 15.0 Å². The van der Waals surface area contributed by atoms with Crippen molar-refractivity contribution < 1.29 is 0 Å². The quantitative estimate of drug-likeness (QED) is 0.202. The lowest BCUT2D eigenvalue weighted by atomic mass is 9.87. The molecule has 0 fully saturated rings. The Kier molecular flexibility index (Phi) is 6.14. The second kappa shape index (κ2) is 10.8. The second-order valence-corrected chi connectivity index (χ2v) is 11.6. The maximum atomic E-state index is 4.94. The van der Waals surface area contributed by atoms with Crippen molar-refractivity contribution in [2.45, 2.75) is 0 Å². The molecule has 0 unspecified atom stereocenters. The lowest BCUT2D eigenvalue weighted by molar-refractivity contribution is 1.07. The normalized spacial score (nSPS) is 11.5. The molecule has 8 aromatic rings. The molecule has 7 aromatic carbocycles. The molecule has 3 heteroatoms. The van der Waals surface area contributed by atoms with Crippen LogP contribution in [0.4, 0.5) is 0 Å². The predicted molar refractivity (Wildman–Crippen MR) is 189 cm³/mol. The summed E-state index contributed by atoms with van der Waals surface area (Å²) in [6.45, 7) is 0. The zero-order valence-corrected chi connectivity index (χ0v) is 24.9. The molecular formula is C43H27N3. The van der Waals surface area contributed by atoms with E-state index in [9.17, 15) is 0 Å². The molecule has 0 bridgehead atoms. The molecule has 1 aliphatic carbocycles. The number of rotatable bonds is 5. The van der Waals surface area contributed by atoms with Gasteiger partial charge in [-0.05, 0) is 55.3 Å². The summed E-state index contributed by atoms with van der Waals surface area (Å²) in [5.41, 5.74) is 12.9. The molecule has 0 saturated heterocycles. The largest absolute Gasteiger partial charge is 0.208 e. The van der Waals surface area contributed by atoms with E-state index in [1.807, 2.05) is 60.7 Å². The minimum atomic E-state index is 0.654. The third-order valence-electron chi connectivity index (χ3n) is 8.89. The van der Waals surface area contributed by atoms with E-state index in [2.05, 4.69) is 103 Å². The van der Waals surface area contributed by atoms with E-state index in [0.717, 1.165) is 22.3 Å². The first-order valence-electron chi connectivity index (χ1n) is 15.5. The van der Waals surface area contributed by atoms with E-state index in [1.54, 1.807) is 0 Å². The highest BCUT2D eigenvalue weighted by Crippen LogP contribution is 2.54. The van der Waals surface area contributed by atoms with Gasteiger partial charge in [-0.15, -0.1) is 0 Å². The van der Waals surface area contributed by atoms with Gasteiger partial charge in [0.1, 0.15) is 0 Å². The summed E-state index contributed by atoms with van der Waals surface area (Å²) in [5.74, 6) is 1.98. The molecule has 0 amide bonds. The summed E-state index contributed by atoms with van der Waals surface area (Å²) in [6.07, 6.45) is 0. The van der Waals surface area contributed by atoms with Gasteiger partial charge in [0.15, 0.2) is 17.5 Å². The van der Waals surface area contributed by atoms with Crippen LogP contribution in [0.25, 0.3) is 89.4 Å². The van der Waals surface area contributed by atoms with Crippen molar-refractivity contribution in [3.8, 4) is 78.7 Å². The molecule has 46 heavy (non-hydrogen) atoms. The molecule has 0 saturated carbocycles. The number of hydrogen-bond acceptors (Lipinski definition) is 3. The van der Waals surface area contributed by atoms with Crippen molar-refractivity contribution in [3.63, 3.8) is 0 Å². The van der Waals surface area contributed by atoms with Gasteiger partial charge in [-0.3, -0.25) is 0 Å². The predicted octanol–water partition coefficient (Wildman–Crippen LogP) is 11.0. The molecule has 1 aromatic heterocycles. The molecule has 1 aliphatic rings. The van der Waals surface area contributed by atoms with Gasteiger partial charge in [-0.2, -0.15) is 0 Å². The van der Waals surface area contributed by atoms with Crippen molar-refractivity contribution in [2.24, 2.45) is 0 Å². The molecule has 0 N–H and O–H groups in total. The topological polar surface area (TPSA) is 38.7 Å². The van der Waals surface area contributed by atoms with Crippen LogP contribution in [0.15, 0.2) is 164 Å². The number of nitrogens with zero attached hydrogens (tertiary/aromatic N) is 3. The van der Waals surface area contributed by atoms with Crippen LogP contribution < -0.4 is 0 Å². The van der Waals surface area contributed by atoms with E-state index in [4.69, 9.17) is 15.0 Å². The van der Waals surface area contributed by atoms with Crippen molar-refractivity contribution in [2.75, 3.05) is 0 Å². The van der Waals surface area contributed by atoms with E-state index >= 15 is 0 Å². The Bertz CT molecular complexity index is 2320. The van der Waals surface area contributed by atoms with Crippen molar-refractivity contribution in [1.82, 2.24) is 15.0 Å². The summed E-state index contributed by atoms with van der Waals surface area (Å²) >= 11 is 0. The van der Waals surface area contributed by atoms with Gasteiger partial charge in [-0.25, -0.2) is 15.0 Å². The van der Waals surface area contributed by atoms with Gasteiger partial charge in [0.05, 0.1) is 0 Å². The fourth-order valence-corrected chi connectivity index (χ4v) is 6.76. The van der Waals surface area contributed by atoms with Crippen molar-refractivity contribution >= 4 is 10.8 Å². The summed E-state index contributed by atoms with van der Waals surface area (Å²) in [6, 6.07) is 57.5. The first-order valence-corrected chi connectivity index (χ1v) is 15.5. The van der Waals surface area contributed by atoms with E-state index in [-0.39, 0.29) is 0 Å². The Morgan fingerprint density at radius 1 is 0.261 bits per heavy atom. The number of hydrogen-bond donors (Lipinski definition) is 0. The molecule has 0 aliphatic heterocycles. The molecule has 0 spiro atoms. The average Bonchev–Trinajstić information content (AvgIpc) is 3.48. The lowest BCUT2D eigenvalue weighted by Crippen LogP contribution is -2.00. The standard InChI is InChI=1S/C43H27N3/c1-4-12-28(13-5-1)34-26-27-35(40-37-21-11-19-30-18-10-20-36(38(30)37)39(34)40)29-22-24-33(25-23-29)43-45-41(31-14-6-2-7-15-31)44-42(46-43)32-16-8-3-9-17-32/h1-27H. The third kappa shape index (κ3) is 4.33.